The summed E-state index contributed by atoms with van der Waals surface area (Å²) < 4.78 is 42.8. The highest BCUT2D eigenvalue weighted by Crippen LogP contribution is 2.31. The Morgan fingerprint density at radius 2 is 2.00 bits per heavy atom. The van der Waals surface area contributed by atoms with Gasteiger partial charge in [0.15, 0.2) is 0 Å². The number of hydrogen-bond donors (Lipinski definition) is 1. The molecule has 2 aromatic rings. The van der Waals surface area contributed by atoms with E-state index in [1.54, 1.807) is 6.92 Å². The highest BCUT2D eigenvalue weighted by Gasteiger charge is 2.30. The molecule has 2 N–H and O–H groups in total. The highest BCUT2D eigenvalue weighted by molar-refractivity contribution is 5.54. The van der Waals surface area contributed by atoms with Gasteiger partial charge in [-0.25, -0.2) is 0 Å². The fourth-order valence-corrected chi connectivity index (χ4v) is 1.36. The van der Waals surface area contributed by atoms with Crippen LogP contribution in [-0.2, 0) is 6.18 Å². The molecule has 1 atom stereocenters. The van der Waals surface area contributed by atoms with Crippen LogP contribution in [0, 0.1) is 0 Å². The molecule has 0 aliphatic rings. The van der Waals surface area contributed by atoms with Crippen molar-refractivity contribution in [2.75, 3.05) is 0 Å². The molecule has 18 heavy (non-hydrogen) atoms. The van der Waals surface area contributed by atoms with Crippen LogP contribution < -0.4 is 5.73 Å². The van der Waals surface area contributed by atoms with Crippen molar-refractivity contribution in [1.29, 1.82) is 0 Å². The van der Waals surface area contributed by atoms with Gasteiger partial charge in [-0.3, -0.25) is 0 Å². The van der Waals surface area contributed by atoms with Gasteiger partial charge in [0.05, 0.1) is 11.6 Å². The molecule has 1 unspecified atom stereocenters. The molecule has 0 amide bonds. The van der Waals surface area contributed by atoms with Crippen LogP contribution in [0.2, 0.25) is 0 Å². The summed E-state index contributed by atoms with van der Waals surface area (Å²) in [5.41, 5.74) is 4.98. The molecule has 0 bridgehead atoms. The second kappa shape index (κ2) is 4.41. The van der Waals surface area contributed by atoms with Crippen molar-refractivity contribution >= 4 is 0 Å². The predicted octanol–water partition coefficient (Wildman–Crippen LogP) is 2.78. The lowest BCUT2D eigenvalue weighted by molar-refractivity contribution is -0.137. The summed E-state index contributed by atoms with van der Waals surface area (Å²) in [7, 11) is 0. The van der Waals surface area contributed by atoms with Crippen molar-refractivity contribution in [3.63, 3.8) is 0 Å². The Morgan fingerprint density at radius 1 is 1.28 bits per heavy atom. The van der Waals surface area contributed by atoms with Gasteiger partial charge in [-0.1, -0.05) is 6.07 Å². The lowest BCUT2D eigenvalue weighted by atomic mass is 10.1. The summed E-state index contributed by atoms with van der Waals surface area (Å²) in [6.45, 7) is 1.64. The van der Waals surface area contributed by atoms with Gasteiger partial charge in [-0.15, -0.1) is 10.2 Å². The third kappa shape index (κ3) is 2.51. The number of alkyl halides is 3. The molecule has 0 aliphatic carbocycles. The van der Waals surface area contributed by atoms with E-state index in [-0.39, 0.29) is 17.3 Å². The van der Waals surface area contributed by atoms with Crippen LogP contribution in [0.3, 0.4) is 0 Å². The number of hydrogen-bond acceptors (Lipinski definition) is 4. The summed E-state index contributed by atoms with van der Waals surface area (Å²) in [4.78, 5) is 0. The molecule has 1 aromatic carbocycles. The Kier molecular flexibility index (Phi) is 3.08. The van der Waals surface area contributed by atoms with Crippen LogP contribution in [0.15, 0.2) is 28.7 Å². The molecule has 1 aromatic heterocycles. The Labute approximate surface area is 101 Å². The van der Waals surface area contributed by atoms with Gasteiger partial charge in [0.1, 0.15) is 0 Å². The summed E-state index contributed by atoms with van der Waals surface area (Å²) in [5, 5.41) is 7.33. The molecule has 0 radical (unpaired) electrons. The quantitative estimate of drug-likeness (QED) is 0.898. The topological polar surface area (TPSA) is 64.9 Å². The maximum atomic E-state index is 12.5. The normalized spacial score (nSPS) is 13.6. The van der Waals surface area contributed by atoms with Crippen LogP contribution in [0.5, 0.6) is 0 Å². The zero-order chi connectivity index (χ0) is 13.3. The summed E-state index contributed by atoms with van der Waals surface area (Å²) in [6.07, 6.45) is -4.40. The first-order chi connectivity index (χ1) is 8.38. The Balaban J connectivity index is 2.38. The first-order valence-electron chi connectivity index (χ1n) is 5.14. The minimum atomic E-state index is -4.40. The number of benzene rings is 1. The standard InChI is InChI=1S/C11H10F3N3O/c1-6(15)9-16-17-10(18-9)7-3-2-4-8(5-7)11(12,13)14/h2-6H,15H2,1H3. The number of rotatable bonds is 2. The molecule has 2 rings (SSSR count). The first kappa shape index (κ1) is 12.6. The van der Waals surface area contributed by atoms with Crippen molar-refractivity contribution in [3.05, 3.63) is 35.7 Å². The third-order valence-electron chi connectivity index (χ3n) is 2.27. The zero-order valence-corrected chi connectivity index (χ0v) is 9.40. The fourth-order valence-electron chi connectivity index (χ4n) is 1.36. The van der Waals surface area contributed by atoms with Gasteiger partial charge in [0.25, 0.3) is 0 Å². The molecule has 0 saturated carbocycles. The summed E-state index contributed by atoms with van der Waals surface area (Å²) in [6, 6.07) is 4.23. The monoisotopic (exact) mass is 257 g/mol. The van der Waals surface area contributed by atoms with Crippen molar-refractivity contribution in [1.82, 2.24) is 10.2 Å². The smallest absolute Gasteiger partial charge is 0.416 e. The number of nitrogens with two attached hydrogens (primary N) is 1. The van der Waals surface area contributed by atoms with Gasteiger partial charge in [0.2, 0.25) is 11.8 Å². The minimum Gasteiger partial charge on any atom is -0.419 e. The Hall–Kier alpha value is -1.89. The van der Waals surface area contributed by atoms with Crippen molar-refractivity contribution in [2.45, 2.75) is 19.1 Å². The van der Waals surface area contributed by atoms with E-state index in [9.17, 15) is 13.2 Å². The predicted molar refractivity (Wildman–Crippen MR) is 57.3 cm³/mol. The SMILES string of the molecule is CC(N)c1nnc(-c2cccc(C(F)(F)F)c2)o1. The molecule has 0 spiro atoms. The van der Waals surface area contributed by atoms with Gasteiger partial charge in [-0.05, 0) is 25.1 Å². The lowest BCUT2D eigenvalue weighted by Crippen LogP contribution is -2.04. The van der Waals surface area contributed by atoms with E-state index in [0.717, 1.165) is 12.1 Å². The third-order valence-corrected chi connectivity index (χ3v) is 2.27. The second-order valence-corrected chi connectivity index (χ2v) is 3.81. The van der Waals surface area contributed by atoms with Crippen LogP contribution in [0.4, 0.5) is 13.2 Å². The summed E-state index contributed by atoms with van der Waals surface area (Å²) in [5.74, 6) is 0.204. The van der Waals surface area contributed by atoms with Crippen molar-refractivity contribution in [3.8, 4) is 11.5 Å². The Bertz CT molecular complexity index is 548. The van der Waals surface area contributed by atoms with E-state index in [2.05, 4.69) is 10.2 Å². The Morgan fingerprint density at radius 3 is 2.56 bits per heavy atom. The van der Waals surface area contributed by atoms with Crippen molar-refractivity contribution < 1.29 is 17.6 Å². The maximum Gasteiger partial charge on any atom is 0.416 e. The lowest BCUT2D eigenvalue weighted by Gasteiger charge is -2.06. The van der Waals surface area contributed by atoms with E-state index >= 15 is 0 Å². The van der Waals surface area contributed by atoms with E-state index in [4.69, 9.17) is 10.2 Å². The highest BCUT2D eigenvalue weighted by atomic mass is 19.4. The zero-order valence-electron chi connectivity index (χ0n) is 9.40. The van der Waals surface area contributed by atoms with Crippen LogP contribution in [0.25, 0.3) is 11.5 Å². The molecule has 1 heterocycles. The number of aromatic nitrogens is 2. The van der Waals surface area contributed by atoms with E-state index in [0.29, 0.717) is 0 Å². The van der Waals surface area contributed by atoms with Crippen LogP contribution >= 0.6 is 0 Å². The van der Waals surface area contributed by atoms with Crippen molar-refractivity contribution in [2.24, 2.45) is 5.73 Å². The molecule has 0 fully saturated rings. The largest absolute Gasteiger partial charge is 0.419 e. The van der Waals surface area contributed by atoms with Crippen LogP contribution in [0.1, 0.15) is 24.4 Å². The molecular weight excluding hydrogens is 247 g/mol. The second-order valence-electron chi connectivity index (χ2n) is 3.81. The molecule has 4 nitrogen and oxygen atoms in total. The van der Waals surface area contributed by atoms with Gasteiger partial charge < -0.3 is 10.2 Å². The van der Waals surface area contributed by atoms with Gasteiger partial charge in [-0.2, -0.15) is 13.2 Å². The number of nitrogens with zero attached hydrogens (tertiary/aromatic N) is 2. The molecule has 0 saturated heterocycles. The number of halogens is 3. The van der Waals surface area contributed by atoms with Gasteiger partial charge >= 0.3 is 6.18 Å². The van der Waals surface area contributed by atoms with Crippen LogP contribution in [-0.4, -0.2) is 10.2 Å². The fraction of sp³-hybridized carbons (Fsp3) is 0.273. The van der Waals surface area contributed by atoms with E-state index in [1.165, 1.54) is 12.1 Å². The first-order valence-corrected chi connectivity index (χ1v) is 5.14. The average molecular weight is 257 g/mol. The molecule has 7 heteroatoms. The van der Waals surface area contributed by atoms with E-state index in [1.807, 2.05) is 0 Å². The molecular formula is C11H10F3N3O. The maximum absolute atomic E-state index is 12.5. The van der Waals surface area contributed by atoms with E-state index < -0.39 is 17.8 Å². The molecule has 96 valence electrons. The van der Waals surface area contributed by atoms with Gasteiger partial charge in [0, 0.05) is 5.56 Å². The average Bonchev–Trinajstić information content (AvgIpc) is 2.77. The minimum absolute atomic E-state index is 0.0217. The summed E-state index contributed by atoms with van der Waals surface area (Å²) >= 11 is 0. The molecule has 0 aliphatic heterocycles.